The number of benzene rings is 1. The van der Waals surface area contributed by atoms with Gasteiger partial charge in [0.15, 0.2) is 0 Å². The molecule has 3 N–H and O–H groups in total. The molecule has 18 heavy (non-hydrogen) atoms. The van der Waals surface area contributed by atoms with Gasteiger partial charge in [-0.3, -0.25) is 4.79 Å². The first-order valence-corrected chi connectivity index (χ1v) is 5.99. The minimum absolute atomic E-state index is 0.107. The molecule has 1 aromatic rings. The molecular formula is C13H18N2O2S. The van der Waals surface area contributed by atoms with E-state index in [1.165, 1.54) is 4.90 Å². The molecular weight excluding hydrogens is 248 g/mol. The maximum Gasteiger partial charge on any atom is 0.254 e. The van der Waals surface area contributed by atoms with E-state index in [1.807, 2.05) is 0 Å². The van der Waals surface area contributed by atoms with E-state index in [-0.39, 0.29) is 17.5 Å². The van der Waals surface area contributed by atoms with E-state index in [4.69, 9.17) is 18.0 Å². The van der Waals surface area contributed by atoms with Crippen molar-refractivity contribution in [2.45, 2.75) is 19.4 Å². The van der Waals surface area contributed by atoms with Crippen LogP contribution in [0.5, 0.6) is 0 Å². The van der Waals surface area contributed by atoms with Crippen LogP contribution in [0.15, 0.2) is 24.3 Å². The number of likely N-dealkylation sites (N-methyl/N-ethyl adjacent to an activating group) is 1. The van der Waals surface area contributed by atoms with Crippen LogP contribution in [0, 0.1) is 0 Å². The number of aliphatic hydroxyl groups is 1. The van der Waals surface area contributed by atoms with Crippen molar-refractivity contribution in [2.24, 2.45) is 5.73 Å². The topological polar surface area (TPSA) is 66.6 Å². The van der Waals surface area contributed by atoms with E-state index >= 15 is 0 Å². The molecule has 0 bridgehead atoms. The average Bonchev–Trinajstić information content (AvgIpc) is 2.37. The molecule has 1 rings (SSSR count). The van der Waals surface area contributed by atoms with Crippen molar-refractivity contribution in [3.63, 3.8) is 0 Å². The number of hydrogen-bond donors (Lipinski definition) is 2. The zero-order valence-electron chi connectivity index (χ0n) is 10.8. The van der Waals surface area contributed by atoms with E-state index < -0.39 is 5.54 Å². The third kappa shape index (κ3) is 3.05. The first kappa shape index (κ1) is 14.6. The number of carbonyl (C=O) groups excluding carboxylic acids is 1. The predicted molar refractivity (Wildman–Crippen MR) is 75.6 cm³/mol. The summed E-state index contributed by atoms with van der Waals surface area (Å²) in [5, 5.41) is 9.27. The van der Waals surface area contributed by atoms with Crippen LogP contribution >= 0.6 is 12.2 Å². The van der Waals surface area contributed by atoms with Gasteiger partial charge in [0.1, 0.15) is 4.99 Å². The van der Waals surface area contributed by atoms with Gasteiger partial charge in [0.25, 0.3) is 5.91 Å². The number of rotatable bonds is 4. The van der Waals surface area contributed by atoms with Crippen molar-refractivity contribution in [3.05, 3.63) is 35.4 Å². The van der Waals surface area contributed by atoms with Crippen LogP contribution in [0.4, 0.5) is 0 Å². The maximum atomic E-state index is 12.3. The van der Waals surface area contributed by atoms with Crippen molar-refractivity contribution >= 4 is 23.1 Å². The highest BCUT2D eigenvalue weighted by Crippen LogP contribution is 2.16. The maximum absolute atomic E-state index is 12.3. The highest BCUT2D eigenvalue weighted by Gasteiger charge is 2.27. The van der Waals surface area contributed by atoms with Crippen LogP contribution in [0.1, 0.15) is 29.8 Å². The lowest BCUT2D eigenvalue weighted by Crippen LogP contribution is -2.47. The first-order valence-electron chi connectivity index (χ1n) is 5.58. The van der Waals surface area contributed by atoms with Crippen LogP contribution in [0.25, 0.3) is 0 Å². The van der Waals surface area contributed by atoms with Crippen LogP contribution in [-0.4, -0.2) is 40.1 Å². The molecule has 0 aliphatic carbocycles. The van der Waals surface area contributed by atoms with Gasteiger partial charge in [-0.25, -0.2) is 0 Å². The number of nitrogens with two attached hydrogens (primary N) is 1. The minimum Gasteiger partial charge on any atom is -0.394 e. The summed E-state index contributed by atoms with van der Waals surface area (Å²) < 4.78 is 0. The Bertz CT molecular complexity index is 472. The van der Waals surface area contributed by atoms with E-state index in [9.17, 15) is 9.90 Å². The van der Waals surface area contributed by atoms with Gasteiger partial charge in [0.05, 0.1) is 12.1 Å². The molecule has 98 valence electrons. The average molecular weight is 266 g/mol. The lowest BCUT2D eigenvalue weighted by atomic mass is 10.0. The Labute approximate surface area is 112 Å². The second-order valence-electron chi connectivity index (χ2n) is 4.78. The molecule has 0 aliphatic rings. The molecule has 1 aromatic carbocycles. The summed E-state index contributed by atoms with van der Waals surface area (Å²) in [6, 6.07) is 6.86. The van der Waals surface area contributed by atoms with Crippen molar-refractivity contribution < 1.29 is 9.90 Å². The molecule has 0 atom stereocenters. The molecule has 0 heterocycles. The summed E-state index contributed by atoms with van der Waals surface area (Å²) in [4.78, 5) is 14.0. The van der Waals surface area contributed by atoms with E-state index in [0.29, 0.717) is 11.1 Å². The number of aliphatic hydroxyl groups excluding tert-OH is 1. The number of carbonyl (C=O) groups is 1. The summed E-state index contributed by atoms with van der Waals surface area (Å²) in [5.74, 6) is -0.174. The standard InChI is InChI=1S/C13H18N2O2S/c1-13(2,8-16)15(3)12(17)10-6-4-5-9(7-10)11(14)18/h4-7,16H,8H2,1-3H3,(H2,14,18). The molecule has 0 saturated carbocycles. The fourth-order valence-corrected chi connectivity index (χ4v) is 1.51. The van der Waals surface area contributed by atoms with Gasteiger partial charge in [0, 0.05) is 18.2 Å². The van der Waals surface area contributed by atoms with Crippen molar-refractivity contribution in [1.29, 1.82) is 0 Å². The van der Waals surface area contributed by atoms with Crippen molar-refractivity contribution in [3.8, 4) is 0 Å². The zero-order chi connectivity index (χ0) is 13.9. The predicted octanol–water partition coefficient (Wildman–Crippen LogP) is 1.16. The molecule has 0 aromatic heterocycles. The Morgan fingerprint density at radius 3 is 2.50 bits per heavy atom. The number of amides is 1. The van der Waals surface area contributed by atoms with Gasteiger partial charge >= 0.3 is 0 Å². The third-order valence-corrected chi connectivity index (χ3v) is 3.23. The van der Waals surface area contributed by atoms with Gasteiger partial charge < -0.3 is 15.7 Å². The second-order valence-corrected chi connectivity index (χ2v) is 5.22. The Balaban J connectivity index is 3.04. The summed E-state index contributed by atoms with van der Waals surface area (Å²) >= 11 is 4.88. The molecule has 0 radical (unpaired) electrons. The van der Waals surface area contributed by atoms with Crippen LogP contribution in [0.2, 0.25) is 0 Å². The van der Waals surface area contributed by atoms with Gasteiger partial charge in [0.2, 0.25) is 0 Å². The lowest BCUT2D eigenvalue weighted by Gasteiger charge is -2.34. The van der Waals surface area contributed by atoms with Gasteiger partial charge in [-0.05, 0) is 26.0 Å². The van der Waals surface area contributed by atoms with E-state index in [1.54, 1.807) is 45.2 Å². The molecule has 0 aliphatic heterocycles. The fraction of sp³-hybridized carbons (Fsp3) is 0.385. The molecule has 5 heteroatoms. The molecule has 0 saturated heterocycles. The Morgan fingerprint density at radius 2 is 2.00 bits per heavy atom. The number of nitrogens with zero attached hydrogens (tertiary/aromatic N) is 1. The summed E-state index contributed by atoms with van der Waals surface area (Å²) in [5.41, 5.74) is 6.09. The lowest BCUT2D eigenvalue weighted by molar-refractivity contribution is 0.0473. The molecule has 0 spiro atoms. The fourth-order valence-electron chi connectivity index (χ4n) is 1.38. The number of hydrogen-bond acceptors (Lipinski definition) is 3. The zero-order valence-corrected chi connectivity index (χ0v) is 11.6. The molecule has 1 amide bonds. The summed E-state index contributed by atoms with van der Waals surface area (Å²) in [7, 11) is 1.66. The van der Waals surface area contributed by atoms with Crippen molar-refractivity contribution in [1.82, 2.24) is 4.90 Å². The quantitative estimate of drug-likeness (QED) is 0.803. The Morgan fingerprint density at radius 1 is 1.44 bits per heavy atom. The smallest absolute Gasteiger partial charge is 0.254 e. The normalized spacial score (nSPS) is 11.1. The monoisotopic (exact) mass is 266 g/mol. The molecule has 0 unspecified atom stereocenters. The summed E-state index contributed by atoms with van der Waals surface area (Å²) in [6.07, 6.45) is 0. The van der Waals surface area contributed by atoms with E-state index in [0.717, 1.165) is 0 Å². The molecule has 0 fully saturated rings. The second kappa shape index (κ2) is 5.46. The SMILES string of the molecule is CN(C(=O)c1cccc(C(N)=S)c1)C(C)(C)CO. The first-order chi connectivity index (χ1) is 8.29. The van der Waals surface area contributed by atoms with Crippen LogP contribution < -0.4 is 5.73 Å². The largest absolute Gasteiger partial charge is 0.394 e. The van der Waals surface area contributed by atoms with Crippen molar-refractivity contribution in [2.75, 3.05) is 13.7 Å². The Kier molecular flexibility index (Phi) is 4.43. The van der Waals surface area contributed by atoms with E-state index in [2.05, 4.69) is 0 Å². The van der Waals surface area contributed by atoms with Crippen LogP contribution in [-0.2, 0) is 0 Å². The highest BCUT2D eigenvalue weighted by atomic mass is 32.1. The highest BCUT2D eigenvalue weighted by molar-refractivity contribution is 7.80. The van der Waals surface area contributed by atoms with Crippen LogP contribution in [0.3, 0.4) is 0 Å². The minimum atomic E-state index is -0.615. The van der Waals surface area contributed by atoms with Gasteiger partial charge in [-0.2, -0.15) is 0 Å². The third-order valence-electron chi connectivity index (χ3n) is 2.99. The van der Waals surface area contributed by atoms with Gasteiger partial charge in [-0.1, -0.05) is 24.4 Å². The van der Waals surface area contributed by atoms with Gasteiger partial charge in [-0.15, -0.1) is 0 Å². The Hall–Kier alpha value is -1.46. The summed E-state index contributed by atoms with van der Waals surface area (Å²) in [6.45, 7) is 3.48. The number of thiocarbonyl (C=S) groups is 1. The molecule has 4 nitrogen and oxygen atoms in total.